The number of rotatable bonds is 5. The average molecular weight is 477 g/mol. The highest BCUT2D eigenvalue weighted by Gasteiger charge is 2.38. The quantitative estimate of drug-likeness (QED) is 0.578. The van der Waals surface area contributed by atoms with Gasteiger partial charge in [-0.15, -0.1) is 0 Å². The van der Waals surface area contributed by atoms with Gasteiger partial charge in [0.2, 0.25) is 5.89 Å². The second-order valence-electron chi connectivity index (χ2n) is 9.34. The van der Waals surface area contributed by atoms with E-state index in [0.717, 1.165) is 43.3 Å². The number of hydrogen-bond acceptors (Lipinski definition) is 6. The van der Waals surface area contributed by atoms with E-state index in [4.69, 9.17) is 24.5 Å². The van der Waals surface area contributed by atoms with Crippen molar-refractivity contribution >= 4 is 16.9 Å². The number of hydrogen-bond donors (Lipinski definition) is 1. The van der Waals surface area contributed by atoms with Crippen LogP contribution < -0.4 is 0 Å². The van der Waals surface area contributed by atoms with Crippen molar-refractivity contribution in [3.05, 3.63) is 35.9 Å². The van der Waals surface area contributed by atoms with Gasteiger partial charge in [-0.05, 0) is 68.8 Å². The number of aliphatic carboxylic acids is 1. The number of carboxylic acids is 1. The van der Waals surface area contributed by atoms with Gasteiger partial charge in [0.1, 0.15) is 0 Å². The Morgan fingerprint density at radius 2 is 1.74 bits per heavy atom. The Morgan fingerprint density at radius 3 is 2.35 bits per heavy atom. The van der Waals surface area contributed by atoms with Crippen LogP contribution in [0, 0.1) is 5.92 Å². The number of likely N-dealkylation sites (tertiary alicyclic amines) is 1. The Bertz CT molecular complexity index is 1160. The summed E-state index contributed by atoms with van der Waals surface area (Å²) in [6, 6.07) is 8.38. The molecule has 1 aromatic carbocycles. The molecule has 6 rings (SSSR count). The molecule has 2 aliphatic carbocycles. The van der Waals surface area contributed by atoms with E-state index in [1.165, 1.54) is 43.3 Å². The molecule has 8 nitrogen and oxygen atoms in total. The van der Waals surface area contributed by atoms with Crippen LogP contribution in [0.15, 0.2) is 28.8 Å². The van der Waals surface area contributed by atoms with Gasteiger partial charge >= 0.3 is 12.1 Å². The second kappa shape index (κ2) is 9.01. The number of carboxylic acid groups (broad SMARTS) is 1. The maximum Gasteiger partial charge on any atom is 0.490 e. The third-order valence-corrected chi connectivity index (χ3v) is 6.59. The van der Waals surface area contributed by atoms with Crippen LogP contribution in [0.5, 0.6) is 0 Å². The summed E-state index contributed by atoms with van der Waals surface area (Å²) in [6.07, 6.45) is 2.46. The third kappa shape index (κ3) is 5.08. The van der Waals surface area contributed by atoms with Crippen molar-refractivity contribution in [2.75, 3.05) is 19.6 Å². The standard InChI is InChI=1S/C21H25N5O.C2HF3O2/c1-2-4-18-17(3-1)19(15-7-8-15)23-26(18)21-22-20(27-24-21)16-9-11-25(12-10-16)13-14-5-6-14;3-2(4,5)1(6)7/h1-4,14-16H,5-13H2;(H,6,7). The summed E-state index contributed by atoms with van der Waals surface area (Å²) in [5, 5.41) is 17.5. The first kappa shape index (κ1) is 22.8. The first-order chi connectivity index (χ1) is 16.3. The fourth-order valence-electron chi connectivity index (χ4n) is 4.41. The number of para-hydroxylation sites is 1. The van der Waals surface area contributed by atoms with Crippen molar-refractivity contribution in [2.24, 2.45) is 5.92 Å². The lowest BCUT2D eigenvalue weighted by atomic mass is 9.96. The minimum Gasteiger partial charge on any atom is -0.475 e. The van der Waals surface area contributed by atoms with Gasteiger partial charge in [0, 0.05) is 23.8 Å². The lowest BCUT2D eigenvalue weighted by Gasteiger charge is -2.30. The average Bonchev–Trinajstić information content (AvgIpc) is 3.73. The van der Waals surface area contributed by atoms with Crippen LogP contribution in [-0.2, 0) is 4.79 Å². The van der Waals surface area contributed by atoms with Gasteiger partial charge in [0.25, 0.3) is 5.95 Å². The number of carbonyl (C=O) groups is 1. The molecule has 3 aromatic rings. The summed E-state index contributed by atoms with van der Waals surface area (Å²) in [5.74, 6) is 0.541. The molecule has 3 fully saturated rings. The molecular weight excluding hydrogens is 451 g/mol. The number of aromatic nitrogens is 4. The monoisotopic (exact) mass is 477 g/mol. The van der Waals surface area contributed by atoms with E-state index in [1.54, 1.807) is 0 Å². The van der Waals surface area contributed by atoms with E-state index < -0.39 is 12.1 Å². The van der Waals surface area contributed by atoms with Crippen LogP contribution in [0.2, 0.25) is 0 Å². The minimum absolute atomic E-state index is 0.381. The summed E-state index contributed by atoms with van der Waals surface area (Å²) in [5.41, 5.74) is 2.26. The second-order valence-corrected chi connectivity index (χ2v) is 9.34. The molecule has 0 amide bonds. The van der Waals surface area contributed by atoms with Crippen molar-refractivity contribution in [2.45, 2.75) is 56.5 Å². The lowest BCUT2D eigenvalue weighted by Crippen LogP contribution is -2.34. The largest absolute Gasteiger partial charge is 0.490 e. The Labute approximate surface area is 193 Å². The van der Waals surface area contributed by atoms with E-state index in [0.29, 0.717) is 17.8 Å². The molecule has 0 radical (unpaired) electrons. The van der Waals surface area contributed by atoms with E-state index >= 15 is 0 Å². The van der Waals surface area contributed by atoms with E-state index in [9.17, 15) is 13.2 Å². The molecule has 3 aliphatic rings. The van der Waals surface area contributed by atoms with E-state index in [-0.39, 0.29) is 0 Å². The van der Waals surface area contributed by atoms with E-state index in [2.05, 4.69) is 28.3 Å². The highest BCUT2D eigenvalue weighted by molar-refractivity contribution is 5.83. The molecule has 1 aliphatic heterocycles. The van der Waals surface area contributed by atoms with Crippen molar-refractivity contribution in [1.29, 1.82) is 0 Å². The van der Waals surface area contributed by atoms with Gasteiger partial charge in [-0.1, -0.05) is 18.2 Å². The summed E-state index contributed by atoms with van der Waals surface area (Å²) in [6.45, 7) is 3.58. The summed E-state index contributed by atoms with van der Waals surface area (Å²) in [7, 11) is 0. The van der Waals surface area contributed by atoms with Gasteiger partial charge in [-0.2, -0.15) is 27.9 Å². The number of fused-ring (bicyclic) bond motifs is 1. The fourth-order valence-corrected chi connectivity index (χ4v) is 4.41. The number of halogens is 3. The summed E-state index contributed by atoms with van der Waals surface area (Å²) < 4.78 is 39.3. The Morgan fingerprint density at radius 1 is 1.06 bits per heavy atom. The van der Waals surface area contributed by atoms with Gasteiger partial charge < -0.3 is 14.5 Å². The number of nitrogens with zero attached hydrogens (tertiary/aromatic N) is 5. The molecule has 11 heteroatoms. The molecule has 0 spiro atoms. The maximum absolute atomic E-state index is 10.6. The molecule has 0 atom stereocenters. The SMILES string of the molecule is O=C(O)C(F)(F)F.c1ccc2c(c1)c(C1CC1)nn2-c1noc(C2CCN(CC3CC3)CC2)n1. The fraction of sp³-hybridized carbons (Fsp3) is 0.565. The topological polar surface area (TPSA) is 97.3 Å². The molecule has 0 bridgehead atoms. The van der Waals surface area contributed by atoms with Crippen LogP contribution in [0.3, 0.4) is 0 Å². The first-order valence-electron chi connectivity index (χ1n) is 11.6. The third-order valence-electron chi connectivity index (χ3n) is 6.59. The van der Waals surface area contributed by atoms with Crippen molar-refractivity contribution < 1.29 is 27.6 Å². The summed E-state index contributed by atoms with van der Waals surface area (Å²) in [4.78, 5) is 16.3. The predicted molar refractivity (Wildman–Crippen MR) is 116 cm³/mol. The first-order valence-corrected chi connectivity index (χ1v) is 11.6. The van der Waals surface area contributed by atoms with Crippen LogP contribution in [-0.4, -0.2) is 61.7 Å². The zero-order valence-corrected chi connectivity index (χ0v) is 18.5. The zero-order chi connectivity index (χ0) is 23.9. The molecule has 1 saturated heterocycles. The molecule has 1 N–H and O–H groups in total. The molecule has 34 heavy (non-hydrogen) atoms. The Balaban J connectivity index is 0.000000304. The van der Waals surface area contributed by atoms with Crippen LogP contribution in [0.4, 0.5) is 13.2 Å². The van der Waals surface area contributed by atoms with Gasteiger partial charge in [0.05, 0.1) is 11.2 Å². The molecular formula is C23H26F3N5O3. The molecule has 182 valence electrons. The molecule has 2 saturated carbocycles. The van der Waals surface area contributed by atoms with Crippen molar-refractivity contribution in [1.82, 2.24) is 24.8 Å². The highest BCUT2D eigenvalue weighted by Crippen LogP contribution is 2.42. The molecule has 2 aromatic heterocycles. The normalized spacial score (nSPS) is 19.7. The Hall–Kier alpha value is -2.95. The van der Waals surface area contributed by atoms with Gasteiger partial charge in [-0.3, -0.25) is 0 Å². The van der Waals surface area contributed by atoms with Crippen LogP contribution >= 0.6 is 0 Å². The Kier molecular flexibility index (Phi) is 6.05. The zero-order valence-electron chi connectivity index (χ0n) is 18.5. The minimum atomic E-state index is -5.08. The van der Waals surface area contributed by atoms with Gasteiger partial charge in [-0.25, -0.2) is 4.79 Å². The summed E-state index contributed by atoms with van der Waals surface area (Å²) >= 11 is 0. The number of benzene rings is 1. The van der Waals surface area contributed by atoms with Gasteiger partial charge in [0.15, 0.2) is 0 Å². The van der Waals surface area contributed by atoms with Crippen LogP contribution in [0.25, 0.3) is 16.9 Å². The number of piperidine rings is 1. The molecule has 0 unspecified atom stereocenters. The molecule has 3 heterocycles. The van der Waals surface area contributed by atoms with Crippen molar-refractivity contribution in [3.8, 4) is 5.95 Å². The smallest absolute Gasteiger partial charge is 0.475 e. The lowest BCUT2D eigenvalue weighted by molar-refractivity contribution is -0.192. The maximum atomic E-state index is 10.6. The highest BCUT2D eigenvalue weighted by atomic mass is 19.4. The predicted octanol–water partition coefficient (Wildman–Crippen LogP) is 4.51. The van der Waals surface area contributed by atoms with Crippen molar-refractivity contribution in [3.63, 3.8) is 0 Å². The number of alkyl halides is 3. The van der Waals surface area contributed by atoms with E-state index in [1.807, 2.05) is 10.7 Å². The van der Waals surface area contributed by atoms with Crippen LogP contribution in [0.1, 0.15) is 61.9 Å².